The molecule has 22 heavy (non-hydrogen) atoms. The standard InChI is InChI=1S/C18H29NO2S/c1-4-6-9-15(5-2)14-19-18(20)16-10-7-8-11-17(16)22-13-12-21-3/h7-8,10-11,15H,4-6,9,12-14H2,1-3H3,(H,19,20). The molecule has 0 aliphatic rings. The second-order valence-corrected chi connectivity index (χ2v) is 6.60. The molecule has 124 valence electrons. The molecule has 0 heterocycles. The van der Waals surface area contributed by atoms with Gasteiger partial charge in [0.25, 0.3) is 5.91 Å². The first-order valence-corrected chi connectivity index (χ1v) is 9.20. The van der Waals surface area contributed by atoms with E-state index in [9.17, 15) is 4.79 Å². The molecule has 1 amide bonds. The molecule has 1 aromatic rings. The molecular weight excluding hydrogens is 294 g/mol. The average Bonchev–Trinajstić information content (AvgIpc) is 2.55. The summed E-state index contributed by atoms with van der Waals surface area (Å²) < 4.78 is 5.07. The van der Waals surface area contributed by atoms with Crippen LogP contribution in [0.1, 0.15) is 49.9 Å². The van der Waals surface area contributed by atoms with E-state index < -0.39 is 0 Å². The van der Waals surface area contributed by atoms with Gasteiger partial charge in [-0.15, -0.1) is 11.8 Å². The van der Waals surface area contributed by atoms with Crippen LogP contribution in [0.4, 0.5) is 0 Å². The second-order valence-electron chi connectivity index (χ2n) is 5.46. The van der Waals surface area contributed by atoms with E-state index in [0.717, 1.165) is 29.2 Å². The van der Waals surface area contributed by atoms with Crippen molar-refractivity contribution in [3.8, 4) is 0 Å². The predicted octanol–water partition coefficient (Wildman–Crippen LogP) is 4.37. The fourth-order valence-corrected chi connectivity index (χ4v) is 3.25. The van der Waals surface area contributed by atoms with Crippen molar-refractivity contribution < 1.29 is 9.53 Å². The monoisotopic (exact) mass is 323 g/mol. The Morgan fingerprint density at radius 3 is 2.77 bits per heavy atom. The summed E-state index contributed by atoms with van der Waals surface area (Å²) in [4.78, 5) is 13.5. The van der Waals surface area contributed by atoms with Crippen molar-refractivity contribution in [2.75, 3.05) is 26.0 Å². The minimum atomic E-state index is 0.0375. The molecule has 0 fully saturated rings. The van der Waals surface area contributed by atoms with E-state index in [-0.39, 0.29) is 5.91 Å². The number of hydrogen-bond donors (Lipinski definition) is 1. The summed E-state index contributed by atoms with van der Waals surface area (Å²) in [7, 11) is 1.69. The lowest BCUT2D eigenvalue weighted by Gasteiger charge is -2.16. The first-order chi connectivity index (χ1) is 10.7. The Morgan fingerprint density at radius 2 is 2.09 bits per heavy atom. The number of carbonyl (C=O) groups is 1. The van der Waals surface area contributed by atoms with Crippen LogP contribution in [0, 0.1) is 5.92 Å². The van der Waals surface area contributed by atoms with Gasteiger partial charge in [-0.25, -0.2) is 0 Å². The van der Waals surface area contributed by atoms with E-state index in [0.29, 0.717) is 12.5 Å². The van der Waals surface area contributed by atoms with E-state index in [1.54, 1.807) is 18.9 Å². The molecule has 3 nitrogen and oxygen atoms in total. The highest BCUT2D eigenvalue weighted by atomic mass is 32.2. The number of benzene rings is 1. The quantitative estimate of drug-likeness (QED) is 0.485. The van der Waals surface area contributed by atoms with Gasteiger partial charge in [0.15, 0.2) is 0 Å². The molecule has 1 N–H and O–H groups in total. The molecule has 0 spiro atoms. The van der Waals surface area contributed by atoms with Crippen molar-refractivity contribution in [3.63, 3.8) is 0 Å². The molecule has 1 unspecified atom stereocenters. The normalized spacial score (nSPS) is 12.1. The molecule has 1 rings (SSSR count). The third kappa shape index (κ3) is 6.84. The van der Waals surface area contributed by atoms with Gasteiger partial charge in [-0.2, -0.15) is 0 Å². The van der Waals surface area contributed by atoms with Crippen LogP contribution in [0.2, 0.25) is 0 Å². The lowest BCUT2D eigenvalue weighted by Crippen LogP contribution is -2.29. The fraction of sp³-hybridized carbons (Fsp3) is 0.611. The maximum absolute atomic E-state index is 12.4. The third-order valence-electron chi connectivity index (χ3n) is 3.77. The number of amides is 1. The van der Waals surface area contributed by atoms with Crippen molar-refractivity contribution in [2.24, 2.45) is 5.92 Å². The van der Waals surface area contributed by atoms with Gasteiger partial charge in [-0.05, 0) is 24.5 Å². The maximum atomic E-state index is 12.4. The molecule has 1 atom stereocenters. The van der Waals surface area contributed by atoms with Crippen LogP contribution < -0.4 is 5.32 Å². The SMILES string of the molecule is CCCCC(CC)CNC(=O)c1ccccc1SCCOC. The lowest BCUT2D eigenvalue weighted by molar-refractivity contribution is 0.0943. The number of rotatable bonds is 11. The van der Waals surface area contributed by atoms with Crippen LogP contribution in [0.15, 0.2) is 29.2 Å². The molecule has 0 saturated carbocycles. The van der Waals surface area contributed by atoms with E-state index >= 15 is 0 Å². The molecule has 0 radical (unpaired) electrons. The summed E-state index contributed by atoms with van der Waals surface area (Å²) in [5, 5.41) is 3.11. The Morgan fingerprint density at radius 1 is 1.32 bits per heavy atom. The van der Waals surface area contributed by atoms with Gasteiger partial charge < -0.3 is 10.1 Å². The van der Waals surface area contributed by atoms with E-state index in [1.165, 1.54) is 19.3 Å². The number of thioether (sulfide) groups is 1. The smallest absolute Gasteiger partial charge is 0.252 e. The Hall–Kier alpha value is -1.00. The van der Waals surface area contributed by atoms with E-state index in [1.807, 2.05) is 24.3 Å². The van der Waals surface area contributed by atoms with Gasteiger partial charge in [0, 0.05) is 24.3 Å². The highest BCUT2D eigenvalue weighted by Crippen LogP contribution is 2.22. The van der Waals surface area contributed by atoms with Crippen LogP contribution in [-0.2, 0) is 4.74 Å². The Balaban J connectivity index is 2.57. The van der Waals surface area contributed by atoms with Crippen molar-refractivity contribution in [1.29, 1.82) is 0 Å². The van der Waals surface area contributed by atoms with Crippen molar-refractivity contribution >= 4 is 17.7 Å². The molecule has 4 heteroatoms. The van der Waals surface area contributed by atoms with Crippen molar-refractivity contribution in [3.05, 3.63) is 29.8 Å². The summed E-state index contributed by atoms with van der Waals surface area (Å²) in [6.45, 7) is 5.86. The Labute approximate surface area is 139 Å². The number of ether oxygens (including phenoxy) is 1. The van der Waals surface area contributed by atoms with Gasteiger partial charge >= 0.3 is 0 Å². The zero-order valence-electron chi connectivity index (χ0n) is 14.1. The maximum Gasteiger partial charge on any atom is 0.252 e. The first-order valence-electron chi connectivity index (χ1n) is 8.21. The minimum absolute atomic E-state index is 0.0375. The predicted molar refractivity (Wildman–Crippen MR) is 94.7 cm³/mol. The van der Waals surface area contributed by atoms with Gasteiger partial charge in [0.2, 0.25) is 0 Å². The molecule has 0 bridgehead atoms. The van der Waals surface area contributed by atoms with E-state index in [4.69, 9.17) is 4.74 Å². The van der Waals surface area contributed by atoms with Crippen LogP contribution >= 0.6 is 11.8 Å². The van der Waals surface area contributed by atoms with Gasteiger partial charge in [-0.3, -0.25) is 4.79 Å². The molecule has 0 aromatic heterocycles. The molecule has 1 aromatic carbocycles. The molecule has 0 aliphatic carbocycles. The number of unbranched alkanes of at least 4 members (excludes halogenated alkanes) is 1. The number of hydrogen-bond acceptors (Lipinski definition) is 3. The zero-order chi connectivity index (χ0) is 16.2. The second kappa shape index (κ2) is 11.6. The summed E-state index contributed by atoms with van der Waals surface area (Å²) in [5.41, 5.74) is 0.772. The van der Waals surface area contributed by atoms with Gasteiger partial charge in [0.1, 0.15) is 0 Å². The highest BCUT2D eigenvalue weighted by Gasteiger charge is 2.13. The fourth-order valence-electron chi connectivity index (χ4n) is 2.29. The number of methoxy groups -OCH3 is 1. The van der Waals surface area contributed by atoms with Crippen LogP contribution in [0.5, 0.6) is 0 Å². The largest absolute Gasteiger partial charge is 0.384 e. The molecular formula is C18H29NO2S. The summed E-state index contributed by atoms with van der Waals surface area (Å²) in [6.07, 6.45) is 4.75. The summed E-state index contributed by atoms with van der Waals surface area (Å²) in [6, 6.07) is 7.80. The highest BCUT2D eigenvalue weighted by molar-refractivity contribution is 7.99. The van der Waals surface area contributed by atoms with Crippen LogP contribution in [0.25, 0.3) is 0 Å². The zero-order valence-corrected chi connectivity index (χ0v) is 14.9. The Kier molecular flexibility index (Phi) is 10.0. The van der Waals surface area contributed by atoms with Gasteiger partial charge in [0.05, 0.1) is 12.2 Å². The molecule has 0 saturated heterocycles. The van der Waals surface area contributed by atoms with E-state index in [2.05, 4.69) is 19.2 Å². The topological polar surface area (TPSA) is 38.3 Å². The molecule has 0 aliphatic heterocycles. The first kappa shape index (κ1) is 19.0. The number of carbonyl (C=O) groups excluding carboxylic acids is 1. The van der Waals surface area contributed by atoms with Crippen molar-refractivity contribution in [1.82, 2.24) is 5.32 Å². The van der Waals surface area contributed by atoms with Gasteiger partial charge in [-0.1, -0.05) is 45.2 Å². The van der Waals surface area contributed by atoms with Crippen LogP contribution in [-0.4, -0.2) is 31.9 Å². The Bertz CT molecular complexity index is 437. The van der Waals surface area contributed by atoms with Crippen LogP contribution in [0.3, 0.4) is 0 Å². The minimum Gasteiger partial charge on any atom is -0.384 e. The lowest BCUT2D eigenvalue weighted by atomic mass is 9.99. The third-order valence-corrected chi connectivity index (χ3v) is 4.81. The van der Waals surface area contributed by atoms with Crippen molar-refractivity contribution in [2.45, 2.75) is 44.4 Å². The summed E-state index contributed by atoms with van der Waals surface area (Å²) >= 11 is 1.67. The summed E-state index contributed by atoms with van der Waals surface area (Å²) in [5.74, 6) is 1.47. The average molecular weight is 324 g/mol. The number of nitrogens with one attached hydrogen (secondary N) is 1.